The third kappa shape index (κ3) is 3.29. The molecule has 1 N–H and O–H groups in total. The third-order valence-electron chi connectivity index (χ3n) is 5.16. The number of fused-ring (bicyclic) bond motifs is 2. The fourth-order valence-corrected chi connectivity index (χ4v) is 4.10. The molecule has 0 aromatic heterocycles. The standard InChI is InChI=1S/C19H27NO2/c1-12(2)22-17-6-4-5-15(11-17)13(3)20-19(21)18-10-14-7-8-16(18)9-14/h4-6,11-14,16,18H,7-10H2,1-3H3,(H,20,21). The van der Waals surface area contributed by atoms with Crippen molar-refractivity contribution < 1.29 is 9.53 Å². The fraction of sp³-hybridized carbons (Fsp3) is 0.632. The number of amides is 1. The zero-order valence-corrected chi connectivity index (χ0v) is 13.8. The van der Waals surface area contributed by atoms with Gasteiger partial charge in [0.25, 0.3) is 0 Å². The van der Waals surface area contributed by atoms with Crippen molar-refractivity contribution in [2.75, 3.05) is 0 Å². The van der Waals surface area contributed by atoms with Crippen LogP contribution in [0.3, 0.4) is 0 Å². The lowest BCUT2D eigenvalue weighted by Gasteiger charge is -2.23. The number of hydrogen-bond acceptors (Lipinski definition) is 2. The molecular weight excluding hydrogens is 274 g/mol. The molecule has 120 valence electrons. The quantitative estimate of drug-likeness (QED) is 0.889. The van der Waals surface area contributed by atoms with Crippen LogP contribution in [0.15, 0.2) is 24.3 Å². The SMILES string of the molecule is CC(C)Oc1cccc(C(C)NC(=O)C2CC3CCC2C3)c1. The lowest BCUT2D eigenvalue weighted by molar-refractivity contribution is -0.127. The van der Waals surface area contributed by atoms with Crippen LogP contribution in [0, 0.1) is 17.8 Å². The summed E-state index contributed by atoms with van der Waals surface area (Å²) in [7, 11) is 0. The molecule has 2 fully saturated rings. The molecule has 22 heavy (non-hydrogen) atoms. The zero-order chi connectivity index (χ0) is 15.7. The first-order valence-corrected chi connectivity index (χ1v) is 8.60. The van der Waals surface area contributed by atoms with Crippen molar-refractivity contribution >= 4 is 5.91 Å². The van der Waals surface area contributed by atoms with Crippen LogP contribution in [0.4, 0.5) is 0 Å². The van der Waals surface area contributed by atoms with E-state index >= 15 is 0 Å². The normalized spacial score (nSPS) is 27.9. The van der Waals surface area contributed by atoms with E-state index in [0.29, 0.717) is 5.92 Å². The smallest absolute Gasteiger partial charge is 0.223 e. The van der Waals surface area contributed by atoms with E-state index in [0.717, 1.165) is 23.7 Å². The van der Waals surface area contributed by atoms with Gasteiger partial charge in [0.15, 0.2) is 0 Å². The van der Waals surface area contributed by atoms with Gasteiger partial charge in [0.1, 0.15) is 5.75 Å². The highest BCUT2D eigenvalue weighted by atomic mass is 16.5. The van der Waals surface area contributed by atoms with E-state index in [2.05, 4.69) is 18.3 Å². The van der Waals surface area contributed by atoms with Gasteiger partial charge in [-0.2, -0.15) is 0 Å². The summed E-state index contributed by atoms with van der Waals surface area (Å²) in [5.41, 5.74) is 1.11. The Morgan fingerprint density at radius 2 is 2.05 bits per heavy atom. The van der Waals surface area contributed by atoms with E-state index in [-0.39, 0.29) is 24.0 Å². The van der Waals surface area contributed by atoms with E-state index in [4.69, 9.17) is 4.74 Å². The Morgan fingerprint density at radius 3 is 2.68 bits per heavy atom. The number of ether oxygens (including phenoxy) is 1. The number of benzene rings is 1. The highest BCUT2D eigenvalue weighted by Crippen LogP contribution is 2.48. The van der Waals surface area contributed by atoms with Crippen LogP contribution >= 0.6 is 0 Å². The molecule has 1 aromatic carbocycles. The Balaban J connectivity index is 1.61. The molecule has 1 aromatic rings. The minimum atomic E-state index is 0.0299. The van der Waals surface area contributed by atoms with Crippen molar-refractivity contribution in [2.45, 2.75) is 58.6 Å². The lowest BCUT2D eigenvalue weighted by atomic mass is 9.88. The molecule has 2 bridgehead atoms. The van der Waals surface area contributed by atoms with Gasteiger partial charge in [0, 0.05) is 5.92 Å². The number of carbonyl (C=O) groups excluding carboxylic acids is 1. The molecule has 3 rings (SSSR count). The second-order valence-electron chi connectivity index (χ2n) is 7.25. The van der Waals surface area contributed by atoms with Crippen LogP contribution in [0.25, 0.3) is 0 Å². The highest BCUT2D eigenvalue weighted by Gasteiger charge is 2.43. The average molecular weight is 301 g/mol. The molecular formula is C19H27NO2. The van der Waals surface area contributed by atoms with E-state index in [9.17, 15) is 4.79 Å². The maximum Gasteiger partial charge on any atom is 0.223 e. The molecule has 0 saturated heterocycles. The van der Waals surface area contributed by atoms with Crippen molar-refractivity contribution in [3.63, 3.8) is 0 Å². The molecule has 2 aliphatic rings. The fourth-order valence-electron chi connectivity index (χ4n) is 4.10. The van der Waals surface area contributed by atoms with Crippen molar-refractivity contribution in [3.8, 4) is 5.75 Å². The summed E-state index contributed by atoms with van der Waals surface area (Å²) in [5, 5.41) is 3.21. The van der Waals surface area contributed by atoms with Gasteiger partial charge >= 0.3 is 0 Å². The molecule has 0 spiro atoms. The monoisotopic (exact) mass is 301 g/mol. The van der Waals surface area contributed by atoms with Gasteiger partial charge < -0.3 is 10.1 Å². The van der Waals surface area contributed by atoms with Crippen LogP contribution in [0.1, 0.15) is 58.1 Å². The number of hydrogen-bond donors (Lipinski definition) is 1. The maximum atomic E-state index is 12.5. The zero-order valence-electron chi connectivity index (χ0n) is 13.8. The first-order valence-electron chi connectivity index (χ1n) is 8.60. The van der Waals surface area contributed by atoms with E-state index in [1.165, 1.54) is 19.3 Å². The molecule has 0 heterocycles. The molecule has 0 aliphatic heterocycles. The predicted octanol–water partition coefficient (Wildman–Crippen LogP) is 4.09. The van der Waals surface area contributed by atoms with E-state index in [1.54, 1.807) is 0 Å². The largest absolute Gasteiger partial charge is 0.491 e. The summed E-state index contributed by atoms with van der Waals surface area (Å²) >= 11 is 0. The van der Waals surface area contributed by atoms with Gasteiger partial charge in [-0.15, -0.1) is 0 Å². The molecule has 2 saturated carbocycles. The van der Waals surface area contributed by atoms with Crippen molar-refractivity contribution in [1.82, 2.24) is 5.32 Å². The summed E-state index contributed by atoms with van der Waals surface area (Å²) in [6, 6.07) is 8.08. The van der Waals surface area contributed by atoms with Crippen LogP contribution in [0.5, 0.6) is 5.75 Å². The van der Waals surface area contributed by atoms with E-state index < -0.39 is 0 Å². The van der Waals surface area contributed by atoms with Gasteiger partial charge in [-0.25, -0.2) is 0 Å². The van der Waals surface area contributed by atoms with Gasteiger partial charge in [-0.1, -0.05) is 18.6 Å². The van der Waals surface area contributed by atoms with Crippen LogP contribution in [-0.4, -0.2) is 12.0 Å². The number of carbonyl (C=O) groups is 1. The molecule has 1 amide bonds. The third-order valence-corrected chi connectivity index (χ3v) is 5.16. The second kappa shape index (κ2) is 6.31. The van der Waals surface area contributed by atoms with Gasteiger partial charge in [-0.05, 0) is 69.6 Å². The topological polar surface area (TPSA) is 38.3 Å². The summed E-state index contributed by atoms with van der Waals surface area (Å²) in [4.78, 5) is 12.5. The summed E-state index contributed by atoms with van der Waals surface area (Å²) < 4.78 is 5.74. The first-order chi connectivity index (χ1) is 10.5. The molecule has 4 atom stereocenters. The second-order valence-corrected chi connectivity index (χ2v) is 7.25. The minimum absolute atomic E-state index is 0.0299. The molecule has 3 heteroatoms. The van der Waals surface area contributed by atoms with Gasteiger partial charge in [0.2, 0.25) is 5.91 Å². The highest BCUT2D eigenvalue weighted by molar-refractivity contribution is 5.80. The molecule has 0 radical (unpaired) electrons. The number of rotatable bonds is 5. The Labute approximate surface area is 133 Å². The number of nitrogens with one attached hydrogen (secondary N) is 1. The van der Waals surface area contributed by atoms with Gasteiger partial charge in [-0.3, -0.25) is 4.79 Å². The van der Waals surface area contributed by atoms with Crippen molar-refractivity contribution in [3.05, 3.63) is 29.8 Å². The van der Waals surface area contributed by atoms with Gasteiger partial charge in [0.05, 0.1) is 12.1 Å². The predicted molar refractivity (Wildman–Crippen MR) is 87.7 cm³/mol. The minimum Gasteiger partial charge on any atom is -0.491 e. The molecule has 2 aliphatic carbocycles. The summed E-state index contributed by atoms with van der Waals surface area (Å²) in [6.45, 7) is 6.10. The Morgan fingerprint density at radius 1 is 1.23 bits per heavy atom. The molecule has 4 unspecified atom stereocenters. The lowest BCUT2D eigenvalue weighted by Crippen LogP contribution is -2.35. The van der Waals surface area contributed by atoms with Crippen molar-refractivity contribution in [2.24, 2.45) is 17.8 Å². The first kappa shape index (κ1) is 15.4. The molecule has 3 nitrogen and oxygen atoms in total. The van der Waals surface area contributed by atoms with E-state index in [1.807, 2.05) is 32.0 Å². The average Bonchev–Trinajstić information content (AvgIpc) is 3.09. The van der Waals surface area contributed by atoms with Crippen LogP contribution in [-0.2, 0) is 4.79 Å². The maximum absolute atomic E-state index is 12.5. The Bertz CT molecular complexity index is 540. The Hall–Kier alpha value is -1.51. The van der Waals surface area contributed by atoms with Crippen LogP contribution in [0.2, 0.25) is 0 Å². The van der Waals surface area contributed by atoms with Crippen LogP contribution < -0.4 is 10.1 Å². The Kier molecular flexibility index (Phi) is 4.42. The summed E-state index contributed by atoms with van der Waals surface area (Å²) in [6.07, 6.45) is 5.10. The summed E-state index contributed by atoms with van der Waals surface area (Å²) in [5.74, 6) is 2.80. The van der Waals surface area contributed by atoms with Crippen molar-refractivity contribution in [1.29, 1.82) is 0 Å².